The van der Waals surface area contributed by atoms with Gasteiger partial charge in [0.05, 0.1) is 11.1 Å². The molecule has 0 aliphatic rings. The molecule has 0 fully saturated rings. The van der Waals surface area contributed by atoms with E-state index in [2.05, 4.69) is 6.58 Å². The predicted octanol–water partition coefficient (Wildman–Crippen LogP) is 3.72. The van der Waals surface area contributed by atoms with Gasteiger partial charge < -0.3 is 10.2 Å². The molecule has 0 spiro atoms. The van der Waals surface area contributed by atoms with Gasteiger partial charge in [-0.3, -0.25) is 0 Å². The van der Waals surface area contributed by atoms with Gasteiger partial charge in [-0.1, -0.05) is 49.1 Å². The zero-order chi connectivity index (χ0) is 15.8. The van der Waals surface area contributed by atoms with Crippen LogP contribution in [0.3, 0.4) is 0 Å². The molecule has 0 bridgehead atoms. The van der Waals surface area contributed by atoms with Crippen molar-refractivity contribution >= 4 is 18.0 Å². The van der Waals surface area contributed by atoms with Crippen LogP contribution >= 0.6 is 0 Å². The van der Waals surface area contributed by atoms with Crippen molar-refractivity contribution in [1.29, 1.82) is 0 Å². The predicted molar refractivity (Wildman–Crippen MR) is 81.6 cm³/mol. The van der Waals surface area contributed by atoms with Crippen molar-refractivity contribution in [3.05, 3.63) is 77.4 Å². The van der Waals surface area contributed by atoms with E-state index in [4.69, 9.17) is 10.2 Å². The number of aromatic carboxylic acids is 2. The molecule has 2 aromatic carbocycles. The summed E-state index contributed by atoms with van der Waals surface area (Å²) in [6.07, 6.45) is 1.83. The zero-order valence-corrected chi connectivity index (χ0v) is 11.6. The summed E-state index contributed by atoms with van der Waals surface area (Å²) in [6.45, 7) is 5.25. The highest BCUT2D eigenvalue weighted by molar-refractivity contribution is 5.94. The summed E-state index contributed by atoms with van der Waals surface area (Å²) in [7, 11) is 0. The first kappa shape index (κ1) is 16.2. The van der Waals surface area contributed by atoms with Crippen molar-refractivity contribution < 1.29 is 19.8 Å². The van der Waals surface area contributed by atoms with Gasteiger partial charge in [0.25, 0.3) is 0 Å². The van der Waals surface area contributed by atoms with Crippen LogP contribution in [0.25, 0.3) is 6.08 Å². The molecule has 0 atom stereocenters. The van der Waals surface area contributed by atoms with Crippen molar-refractivity contribution in [1.82, 2.24) is 0 Å². The van der Waals surface area contributed by atoms with Crippen molar-refractivity contribution in [3.63, 3.8) is 0 Å². The Hall–Kier alpha value is -2.88. The summed E-state index contributed by atoms with van der Waals surface area (Å²) in [5.41, 5.74) is 1.74. The van der Waals surface area contributed by atoms with E-state index in [0.29, 0.717) is 5.56 Å². The molecule has 0 radical (unpaired) electrons. The molecule has 0 saturated heterocycles. The second kappa shape index (κ2) is 7.65. The van der Waals surface area contributed by atoms with Crippen LogP contribution in [-0.4, -0.2) is 22.2 Å². The Morgan fingerprint density at radius 3 is 2.05 bits per heavy atom. The third-order valence-electron chi connectivity index (χ3n) is 2.75. The molecule has 2 aromatic rings. The van der Waals surface area contributed by atoms with Gasteiger partial charge in [0, 0.05) is 0 Å². The first-order valence-corrected chi connectivity index (χ1v) is 6.20. The van der Waals surface area contributed by atoms with E-state index in [1.807, 2.05) is 36.4 Å². The quantitative estimate of drug-likeness (QED) is 0.900. The van der Waals surface area contributed by atoms with Gasteiger partial charge in [-0.25, -0.2) is 9.59 Å². The molecular formula is C17H16O4. The summed E-state index contributed by atoms with van der Waals surface area (Å²) in [4.78, 5) is 21.1. The van der Waals surface area contributed by atoms with E-state index >= 15 is 0 Å². The minimum atomic E-state index is -1.12. The third-order valence-corrected chi connectivity index (χ3v) is 2.75. The minimum absolute atomic E-state index is 0.0111. The lowest BCUT2D eigenvalue weighted by Crippen LogP contribution is -2.03. The Labute approximate surface area is 123 Å². The number of rotatable bonds is 3. The summed E-state index contributed by atoms with van der Waals surface area (Å²) >= 11 is 0. The molecule has 0 aliphatic carbocycles. The van der Waals surface area contributed by atoms with Gasteiger partial charge in [-0.05, 0) is 30.2 Å². The SMILES string of the molecule is C=Cc1ccccc1.Cc1ccc(C(=O)O)cc1C(=O)O. The molecule has 0 saturated carbocycles. The number of benzene rings is 2. The number of hydrogen-bond acceptors (Lipinski definition) is 2. The Morgan fingerprint density at radius 2 is 1.62 bits per heavy atom. The molecule has 108 valence electrons. The molecular weight excluding hydrogens is 268 g/mol. The summed E-state index contributed by atoms with van der Waals surface area (Å²) in [5, 5.41) is 17.3. The van der Waals surface area contributed by atoms with Crippen LogP contribution in [0.5, 0.6) is 0 Å². The highest BCUT2D eigenvalue weighted by Gasteiger charge is 2.10. The fraction of sp³-hybridized carbons (Fsp3) is 0.0588. The topological polar surface area (TPSA) is 74.6 Å². The van der Waals surface area contributed by atoms with Gasteiger partial charge in [0.2, 0.25) is 0 Å². The van der Waals surface area contributed by atoms with Crippen LogP contribution in [0.2, 0.25) is 0 Å². The van der Waals surface area contributed by atoms with Crippen LogP contribution < -0.4 is 0 Å². The normalized spacial score (nSPS) is 9.19. The van der Waals surface area contributed by atoms with Gasteiger partial charge in [0.15, 0.2) is 0 Å². The highest BCUT2D eigenvalue weighted by Crippen LogP contribution is 2.11. The monoisotopic (exact) mass is 284 g/mol. The molecule has 0 unspecified atom stereocenters. The average Bonchev–Trinajstić information content (AvgIpc) is 2.48. The van der Waals surface area contributed by atoms with Crippen LogP contribution in [0.15, 0.2) is 55.1 Å². The second-order valence-corrected chi connectivity index (χ2v) is 4.25. The minimum Gasteiger partial charge on any atom is -0.478 e. The maximum Gasteiger partial charge on any atom is 0.335 e. The summed E-state index contributed by atoms with van der Waals surface area (Å²) in [6, 6.07) is 14.0. The van der Waals surface area contributed by atoms with Crippen LogP contribution in [0.1, 0.15) is 31.8 Å². The number of hydrogen-bond donors (Lipinski definition) is 2. The summed E-state index contributed by atoms with van der Waals surface area (Å²) in [5.74, 6) is -2.23. The molecule has 4 heteroatoms. The average molecular weight is 284 g/mol. The molecule has 0 heterocycles. The van der Waals surface area contributed by atoms with Crippen LogP contribution in [0, 0.1) is 6.92 Å². The summed E-state index contributed by atoms with van der Waals surface area (Å²) < 4.78 is 0. The van der Waals surface area contributed by atoms with E-state index in [0.717, 1.165) is 6.07 Å². The van der Waals surface area contributed by atoms with E-state index in [1.165, 1.54) is 17.7 Å². The smallest absolute Gasteiger partial charge is 0.335 e. The maximum absolute atomic E-state index is 10.6. The lowest BCUT2D eigenvalue weighted by atomic mass is 10.1. The fourth-order valence-corrected chi connectivity index (χ4v) is 1.57. The van der Waals surface area contributed by atoms with E-state index in [-0.39, 0.29) is 11.1 Å². The van der Waals surface area contributed by atoms with Crippen molar-refractivity contribution in [2.24, 2.45) is 0 Å². The van der Waals surface area contributed by atoms with E-state index in [1.54, 1.807) is 6.92 Å². The standard InChI is InChI=1S/C9H8O4.C8H8/c1-5-2-3-6(8(10)11)4-7(5)9(12)13;1-2-8-6-4-3-5-7-8/h2-4H,1H3,(H,10,11)(H,12,13);2-7H,1H2. The van der Waals surface area contributed by atoms with E-state index in [9.17, 15) is 9.59 Å². The fourth-order valence-electron chi connectivity index (χ4n) is 1.57. The van der Waals surface area contributed by atoms with Crippen LogP contribution in [-0.2, 0) is 0 Å². The maximum atomic E-state index is 10.6. The second-order valence-electron chi connectivity index (χ2n) is 4.25. The largest absolute Gasteiger partial charge is 0.478 e. The van der Waals surface area contributed by atoms with Crippen LogP contribution in [0.4, 0.5) is 0 Å². The molecule has 0 aromatic heterocycles. The molecule has 0 amide bonds. The Morgan fingerprint density at radius 1 is 1.00 bits per heavy atom. The number of aryl methyl sites for hydroxylation is 1. The Balaban J connectivity index is 0.000000235. The molecule has 2 rings (SSSR count). The van der Waals surface area contributed by atoms with Gasteiger partial charge in [-0.15, -0.1) is 0 Å². The Kier molecular flexibility index (Phi) is 5.89. The Bertz CT molecular complexity index is 645. The number of carbonyl (C=O) groups is 2. The lowest BCUT2D eigenvalue weighted by molar-refractivity contribution is 0.0695. The first-order chi connectivity index (χ1) is 9.95. The first-order valence-electron chi connectivity index (χ1n) is 6.20. The lowest BCUT2D eigenvalue weighted by Gasteiger charge is -2.01. The van der Waals surface area contributed by atoms with Gasteiger partial charge >= 0.3 is 11.9 Å². The van der Waals surface area contributed by atoms with Gasteiger partial charge in [-0.2, -0.15) is 0 Å². The number of carboxylic acids is 2. The molecule has 21 heavy (non-hydrogen) atoms. The molecule has 4 nitrogen and oxygen atoms in total. The van der Waals surface area contributed by atoms with Crippen molar-refractivity contribution in [2.45, 2.75) is 6.92 Å². The molecule has 0 aliphatic heterocycles. The third kappa shape index (κ3) is 4.95. The highest BCUT2D eigenvalue weighted by atomic mass is 16.4. The van der Waals surface area contributed by atoms with Crippen molar-refractivity contribution in [2.75, 3.05) is 0 Å². The zero-order valence-electron chi connectivity index (χ0n) is 11.6. The van der Waals surface area contributed by atoms with E-state index < -0.39 is 11.9 Å². The van der Waals surface area contributed by atoms with Gasteiger partial charge in [0.1, 0.15) is 0 Å². The van der Waals surface area contributed by atoms with Crippen molar-refractivity contribution in [3.8, 4) is 0 Å². The molecule has 2 N–H and O–H groups in total. The number of carboxylic acid groups (broad SMARTS) is 2.